The Kier molecular flexibility index (Phi) is 4.24. The number of nitrogens with zero attached hydrogens (tertiary/aromatic N) is 1. The predicted molar refractivity (Wildman–Crippen MR) is 78.9 cm³/mol. The Labute approximate surface area is 114 Å². The quantitative estimate of drug-likeness (QED) is 0.877. The lowest BCUT2D eigenvalue weighted by molar-refractivity contribution is 0.294. The largest absolute Gasteiger partial charge is 0.310 e. The van der Waals surface area contributed by atoms with Gasteiger partial charge in [0.15, 0.2) is 0 Å². The van der Waals surface area contributed by atoms with Crippen molar-refractivity contribution < 1.29 is 0 Å². The van der Waals surface area contributed by atoms with Gasteiger partial charge in [0.2, 0.25) is 0 Å². The zero-order chi connectivity index (χ0) is 12.2. The van der Waals surface area contributed by atoms with Gasteiger partial charge in [0, 0.05) is 43.7 Å². The molecule has 3 heteroatoms. The molecule has 1 aromatic rings. The summed E-state index contributed by atoms with van der Waals surface area (Å²) in [6.45, 7) is 4.65. The van der Waals surface area contributed by atoms with Crippen molar-refractivity contribution in [2.45, 2.75) is 32.0 Å². The second-order valence-corrected chi connectivity index (χ2v) is 6.58. The maximum absolute atomic E-state index is 3.56. The summed E-state index contributed by atoms with van der Waals surface area (Å²) >= 11 is 2.08. The SMILES string of the molecule is c1cc(CN2CCSCC2)ccc1CNC1CC1. The number of hydrogen-bond donors (Lipinski definition) is 1. The molecule has 1 aliphatic heterocycles. The van der Waals surface area contributed by atoms with Crippen LogP contribution in [0.3, 0.4) is 0 Å². The first-order chi connectivity index (χ1) is 8.90. The maximum atomic E-state index is 3.56. The van der Waals surface area contributed by atoms with Crippen LogP contribution in [0.2, 0.25) is 0 Å². The minimum Gasteiger partial charge on any atom is -0.310 e. The van der Waals surface area contributed by atoms with E-state index in [1.165, 1.54) is 48.6 Å². The maximum Gasteiger partial charge on any atom is 0.0234 e. The molecule has 1 saturated heterocycles. The molecule has 0 spiro atoms. The van der Waals surface area contributed by atoms with Gasteiger partial charge < -0.3 is 5.32 Å². The highest BCUT2D eigenvalue weighted by Crippen LogP contribution is 2.19. The topological polar surface area (TPSA) is 15.3 Å². The summed E-state index contributed by atoms with van der Waals surface area (Å²) in [6, 6.07) is 9.96. The first kappa shape index (κ1) is 12.5. The van der Waals surface area contributed by atoms with Crippen LogP contribution in [0.15, 0.2) is 24.3 Å². The van der Waals surface area contributed by atoms with Crippen LogP contribution >= 0.6 is 11.8 Å². The lowest BCUT2D eigenvalue weighted by Gasteiger charge is -2.26. The third kappa shape index (κ3) is 3.74. The van der Waals surface area contributed by atoms with Crippen molar-refractivity contribution in [2.24, 2.45) is 0 Å². The molecule has 0 aromatic heterocycles. The van der Waals surface area contributed by atoms with E-state index in [-0.39, 0.29) is 0 Å². The summed E-state index contributed by atoms with van der Waals surface area (Å²) in [5, 5.41) is 3.56. The van der Waals surface area contributed by atoms with Crippen molar-refractivity contribution >= 4 is 11.8 Å². The Morgan fingerprint density at radius 3 is 2.39 bits per heavy atom. The molecule has 3 rings (SSSR count). The number of hydrogen-bond acceptors (Lipinski definition) is 3. The summed E-state index contributed by atoms with van der Waals surface area (Å²) in [6.07, 6.45) is 2.73. The molecule has 1 aliphatic carbocycles. The zero-order valence-corrected chi connectivity index (χ0v) is 11.7. The van der Waals surface area contributed by atoms with Crippen LogP contribution in [0.4, 0.5) is 0 Å². The molecule has 98 valence electrons. The lowest BCUT2D eigenvalue weighted by Crippen LogP contribution is -2.31. The van der Waals surface area contributed by atoms with Crippen molar-refractivity contribution in [3.63, 3.8) is 0 Å². The number of thioether (sulfide) groups is 1. The van der Waals surface area contributed by atoms with Gasteiger partial charge in [0.1, 0.15) is 0 Å². The number of benzene rings is 1. The molecule has 0 amide bonds. The lowest BCUT2D eigenvalue weighted by atomic mass is 10.1. The molecule has 0 radical (unpaired) electrons. The Morgan fingerprint density at radius 2 is 1.72 bits per heavy atom. The molecule has 1 heterocycles. The Bertz CT molecular complexity index is 367. The fourth-order valence-electron chi connectivity index (χ4n) is 2.33. The fraction of sp³-hybridized carbons (Fsp3) is 0.600. The van der Waals surface area contributed by atoms with Crippen molar-refractivity contribution in [1.29, 1.82) is 0 Å². The van der Waals surface area contributed by atoms with E-state index >= 15 is 0 Å². The molecular formula is C15H22N2S. The average molecular weight is 262 g/mol. The molecule has 2 nitrogen and oxygen atoms in total. The molecule has 1 aromatic carbocycles. The second kappa shape index (κ2) is 6.09. The van der Waals surface area contributed by atoms with Crippen LogP contribution in [0.25, 0.3) is 0 Å². The highest BCUT2D eigenvalue weighted by Gasteiger charge is 2.19. The first-order valence-corrected chi connectivity index (χ1v) is 8.17. The molecule has 2 fully saturated rings. The minimum atomic E-state index is 0.801. The molecule has 1 N–H and O–H groups in total. The Balaban J connectivity index is 1.49. The predicted octanol–water partition coefficient (Wildman–Crippen LogP) is 2.49. The van der Waals surface area contributed by atoms with E-state index in [9.17, 15) is 0 Å². The van der Waals surface area contributed by atoms with E-state index < -0.39 is 0 Å². The third-order valence-electron chi connectivity index (χ3n) is 3.71. The van der Waals surface area contributed by atoms with E-state index in [1.54, 1.807) is 0 Å². The average Bonchev–Trinajstić information content (AvgIpc) is 3.23. The smallest absolute Gasteiger partial charge is 0.0234 e. The van der Waals surface area contributed by atoms with Gasteiger partial charge in [0.05, 0.1) is 0 Å². The summed E-state index contributed by atoms with van der Waals surface area (Å²) in [7, 11) is 0. The monoisotopic (exact) mass is 262 g/mol. The van der Waals surface area contributed by atoms with Gasteiger partial charge in [-0.25, -0.2) is 0 Å². The Morgan fingerprint density at radius 1 is 1.06 bits per heavy atom. The van der Waals surface area contributed by atoms with Crippen LogP contribution < -0.4 is 5.32 Å². The zero-order valence-electron chi connectivity index (χ0n) is 10.9. The van der Waals surface area contributed by atoms with Crippen LogP contribution in [0.5, 0.6) is 0 Å². The van der Waals surface area contributed by atoms with Crippen molar-refractivity contribution in [3.8, 4) is 0 Å². The second-order valence-electron chi connectivity index (χ2n) is 5.36. The van der Waals surface area contributed by atoms with Gasteiger partial charge in [-0.1, -0.05) is 24.3 Å². The van der Waals surface area contributed by atoms with E-state index in [4.69, 9.17) is 0 Å². The van der Waals surface area contributed by atoms with Crippen molar-refractivity contribution in [2.75, 3.05) is 24.6 Å². The molecule has 2 aliphatic rings. The van der Waals surface area contributed by atoms with Crippen molar-refractivity contribution in [3.05, 3.63) is 35.4 Å². The highest BCUT2D eigenvalue weighted by molar-refractivity contribution is 7.99. The van der Waals surface area contributed by atoms with E-state index in [2.05, 4.69) is 46.2 Å². The molecule has 0 unspecified atom stereocenters. The van der Waals surface area contributed by atoms with Gasteiger partial charge in [-0.2, -0.15) is 11.8 Å². The van der Waals surface area contributed by atoms with E-state index in [0.29, 0.717) is 0 Å². The number of rotatable bonds is 5. The van der Waals surface area contributed by atoms with Crippen molar-refractivity contribution in [1.82, 2.24) is 10.2 Å². The third-order valence-corrected chi connectivity index (χ3v) is 4.65. The van der Waals surface area contributed by atoms with Crippen LogP contribution in [0, 0.1) is 0 Å². The van der Waals surface area contributed by atoms with Crippen LogP contribution in [-0.2, 0) is 13.1 Å². The van der Waals surface area contributed by atoms with E-state index in [0.717, 1.165) is 19.1 Å². The van der Waals surface area contributed by atoms with E-state index in [1.807, 2.05) is 0 Å². The van der Waals surface area contributed by atoms with Gasteiger partial charge in [0.25, 0.3) is 0 Å². The molecule has 0 bridgehead atoms. The standard InChI is InChI=1S/C15H22N2S/c1-3-14(12-17-7-9-18-10-8-17)4-2-13(1)11-16-15-5-6-15/h1-4,15-16H,5-12H2. The summed E-state index contributed by atoms with van der Waals surface area (Å²) < 4.78 is 0. The minimum absolute atomic E-state index is 0.801. The van der Waals surface area contributed by atoms with Crippen LogP contribution in [-0.4, -0.2) is 35.5 Å². The van der Waals surface area contributed by atoms with Crippen LogP contribution in [0.1, 0.15) is 24.0 Å². The fourth-order valence-corrected chi connectivity index (χ4v) is 3.31. The highest BCUT2D eigenvalue weighted by atomic mass is 32.2. The molecule has 0 atom stereocenters. The van der Waals surface area contributed by atoms with Gasteiger partial charge in [-0.3, -0.25) is 4.90 Å². The normalized spacial score (nSPS) is 21.1. The molecule has 18 heavy (non-hydrogen) atoms. The first-order valence-electron chi connectivity index (χ1n) is 7.01. The Hall–Kier alpha value is -0.510. The molecule has 1 saturated carbocycles. The summed E-state index contributed by atoms with van der Waals surface area (Å²) in [4.78, 5) is 2.56. The van der Waals surface area contributed by atoms with Gasteiger partial charge >= 0.3 is 0 Å². The summed E-state index contributed by atoms with van der Waals surface area (Å²) in [5.41, 5.74) is 2.87. The molecular weight excluding hydrogens is 240 g/mol. The van der Waals surface area contributed by atoms with Gasteiger partial charge in [-0.15, -0.1) is 0 Å². The summed E-state index contributed by atoms with van der Waals surface area (Å²) in [5.74, 6) is 2.59. The number of nitrogens with one attached hydrogen (secondary N) is 1. The van der Waals surface area contributed by atoms with Gasteiger partial charge in [-0.05, 0) is 24.0 Å².